The van der Waals surface area contributed by atoms with Crippen molar-refractivity contribution in [1.82, 2.24) is 14.9 Å². The average Bonchev–Trinajstić information content (AvgIpc) is 3.13. The molecule has 2 heterocycles. The maximum absolute atomic E-state index is 14.2. The molecule has 12 heteroatoms. The number of anilines is 2. The van der Waals surface area contributed by atoms with Gasteiger partial charge in [0, 0.05) is 36.9 Å². The number of carbonyl (C=O) groups excluding carboxylic acids is 3. The molecule has 51 heavy (non-hydrogen) atoms. The molecule has 0 atom stereocenters. The third-order valence-electron chi connectivity index (χ3n) is 8.87. The highest BCUT2D eigenvalue weighted by molar-refractivity contribution is 6.09. The molecule has 0 spiro atoms. The quantitative estimate of drug-likeness (QED) is 0.158. The normalized spacial score (nSPS) is 13.5. The summed E-state index contributed by atoms with van der Waals surface area (Å²) in [5, 5.41) is 3.58. The fraction of sp³-hybridized carbons (Fsp3) is 0.410. The first-order valence-electron chi connectivity index (χ1n) is 17.1. The lowest BCUT2D eigenvalue weighted by Crippen LogP contribution is -2.34. The molecule has 1 aliphatic rings. The number of hydrogen-bond donors (Lipinski definition) is 1. The van der Waals surface area contributed by atoms with E-state index in [0.29, 0.717) is 46.2 Å². The van der Waals surface area contributed by atoms with Gasteiger partial charge in [-0.15, -0.1) is 0 Å². The number of benzene rings is 2. The van der Waals surface area contributed by atoms with E-state index < -0.39 is 23.6 Å². The lowest BCUT2D eigenvalue weighted by molar-refractivity contribution is 0.0584. The Kier molecular flexibility index (Phi) is 11.8. The Balaban J connectivity index is 1.52. The van der Waals surface area contributed by atoms with Crippen LogP contribution in [0.5, 0.6) is 11.6 Å². The summed E-state index contributed by atoms with van der Waals surface area (Å²) in [5.41, 5.74) is 2.78. The molecule has 5 rings (SSSR count). The van der Waals surface area contributed by atoms with Crippen LogP contribution in [0.4, 0.5) is 16.2 Å². The molecule has 1 fully saturated rings. The minimum Gasteiger partial charge on any atom is -0.497 e. The smallest absolute Gasteiger partial charge is 0.414 e. The Hall–Kier alpha value is -5.23. The third-order valence-corrected chi connectivity index (χ3v) is 8.87. The van der Waals surface area contributed by atoms with Crippen molar-refractivity contribution in [3.63, 3.8) is 0 Å². The van der Waals surface area contributed by atoms with E-state index in [9.17, 15) is 14.4 Å². The van der Waals surface area contributed by atoms with E-state index in [0.717, 1.165) is 24.0 Å². The average molecular weight is 698 g/mol. The zero-order valence-corrected chi connectivity index (χ0v) is 30.4. The van der Waals surface area contributed by atoms with Gasteiger partial charge in [-0.25, -0.2) is 14.6 Å². The van der Waals surface area contributed by atoms with Crippen LogP contribution < -0.4 is 19.7 Å². The second-order valence-corrected chi connectivity index (χ2v) is 13.8. The maximum Gasteiger partial charge on any atom is 0.414 e. The van der Waals surface area contributed by atoms with Gasteiger partial charge in [-0.2, -0.15) is 0 Å². The number of pyridine rings is 2. The van der Waals surface area contributed by atoms with Gasteiger partial charge in [0.25, 0.3) is 5.91 Å². The Bertz CT molecular complexity index is 1870. The number of fused-ring (bicyclic) bond motifs is 1. The number of amides is 2. The van der Waals surface area contributed by atoms with Gasteiger partial charge in [-0.3, -0.25) is 19.6 Å². The van der Waals surface area contributed by atoms with Gasteiger partial charge in [-0.05, 0) is 88.2 Å². The van der Waals surface area contributed by atoms with Crippen molar-refractivity contribution in [2.45, 2.75) is 77.7 Å². The fourth-order valence-electron chi connectivity index (χ4n) is 6.09. The molecular weight excluding hydrogens is 650 g/mol. The topological polar surface area (TPSA) is 132 Å². The van der Waals surface area contributed by atoms with E-state index in [1.165, 1.54) is 37.5 Å². The number of nitrogens with zero attached hydrogens (tertiary/aromatic N) is 4. The van der Waals surface area contributed by atoms with Gasteiger partial charge < -0.3 is 24.3 Å². The monoisotopic (exact) mass is 697 g/mol. The molecule has 0 unspecified atom stereocenters. The molecule has 0 bridgehead atoms. The van der Waals surface area contributed by atoms with Crippen LogP contribution in [-0.4, -0.2) is 72.8 Å². The molecule has 0 radical (unpaired) electrons. The minimum absolute atomic E-state index is 0.0629. The van der Waals surface area contributed by atoms with E-state index in [2.05, 4.69) is 22.2 Å². The number of aromatic nitrogens is 2. The number of esters is 1. The van der Waals surface area contributed by atoms with Crippen LogP contribution in [0.2, 0.25) is 0 Å². The standard InChI is InChI=1S/C39H47N5O7/c1-39(2,3)51-38(47)44(5)33-22-40-21-27-20-31(36(42-34(27)33)50-24-25-13-16-30(48-6)17-14-25)35(45)41-32-18-15-26(37(46)49-7)19-28(32)23-43(4)29-11-9-8-10-12-29/h13-22,29H,8-12,23-24H2,1-7H3,(H,41,45). The number of ether oxygens (including phenoxy) is 4. The minimum atomic E-state index is -0.714. The van der Waals surface area contributed by atoms with E-state index in [1.807, 2.05) is 24.3 Å². The summed E-state index contributed by atoms with van der Waals surface area (Å²) >= 11 is 0. The molecule has 2 aromatic heterocycles. The summed E-state index contributed by atoms with van der Waals surface area (Å²) in [7, 11) is 6.59. The highest BCUT2D eigenvalue weighted by Gasteiger charge is 2.26. The number of rotatable bonds is 11. The maximum atomic E-state index is 14.2. The fourth-order valence-corrected chi connectivity index (χ4v) is 6.09. The molecule has 1 N–H and O–H groups in total. The molecular formula is C39H47N5O7. The third kappa shape index (κ3) is 9.31. The van der Waals surface area contributed by atoms with Crippen molar-refractivity contribution >= 4 is 40.2 Å². The number of hydrogen-bond acceptors (Lipinski definition) is 10. The van der Waals surface area contributed by atoms with Gasteiger partial charge in [-0.1, -0.05) is 31.4 Å². The molecule has 4 aromatic rings. The highest BCUT2D eigenvalue weighted by atomic mass is 16.6. The summed E-state index contributed by atoms with van der Waals surface area (Å²) in [4.78, 5) is 52.5. The van der Waals surface area contributed by atoms with Crippen LogP contribution in [0, 0.1) is 0 Å². The summed E-state index contributed by atoms with van der Waals surface area (Å²) < 4.78 is 22.1. The van der Waals surface area contributed by atoms with E-state index in [4.69, 9.17) is 23.9 Å². The number of methoxy groups -OCH3 is 2. The summed E-state index contributed by atoms with van der Waals surface area (Å²) in [6.45, 7) is 5.99. The molecule has 1 saturated carbocycles. The molecule has 1 aliphatic carbocycles. The van der Waals surface area contributed by atoms with E-state index in [-0.39, 0.29) is 18.1 Å². The van der Waals surface area contributed by atoms with Crippen molar-refractivity contribution < 1.29 is 33.3 Å². The SMILES string of the molecule is COC(=O)c1ccc(NC(=O)c2cc3cncc(N(C)C(=O)OC(C)(C)C)c3nc2OCc2ccc(OC)cc2)c(CN(C)C2CCCCC2)c1. The first-order valence-corrected chi connectivity index (χ1v) is 17.1. The molecule has 270 valence electrons. The van der Waals surface area contributed by atoms with Gasteiger partial charge in [0.1, 0.15) is 29.0 Å². The molecule has 2 amide bonds. The predicted octanol–water partition coefficient (Wildman–Crippen LogP) is 7.39. The summed E-state index contributed by atoms with van der Waals surface area (Å²) in [6, 6.07) is 14.6. The molecule has 2 aromatic carbocycles. The zero-order valence-electron chi connectivity index (χ0n) is 30.4. The lowest BCUT2D eigenvalue weighted by atomic mass is 9.94. The lowest BCUT2D eigenvalue weighted by Gasteiger charge is -2.31. The number of nitrogens with one attached hydrogen (secondary N) is 1. The van der Waals surface area contributed by atoms with Crippen molar-refractivity contribution in [2.75, 3.05) is 38.5 Å². The van der Waals surface area contributed by atoms with Crippen LogP contribution >= 0.6 is 0 Å². The van der Waals surface area contributed by atoms with Gasteiger partial charge in [0.05, 0.1) is 31.7 Å². The van der Waals surface area contributed by atoms with Gasteiger partial charge in [0.2, 0.25) is 5.88 Å². The Morgan fingerprint density at radius 2 is 1.67 bits per heavy atom. The predicted molar refractivity (Wildman–Crippen MR) is 196 cm³/mol. The van der Waals surface area contributed by atoms with Gasteiger partial charge in [0.15, 0.2) is 0 Å². The van der Waals surface area contributed by atoms with Crippen molar-refractivity contribution in [3.8, 4) is 11.6 Å². The second-order valence-electron chi connectivity index (χ2n) is 13.8. The van der Waals surface area contributed by atoms with Crippen molar-refractivity contribution in [3.05, 3.63) is 83.2 Å². The Morgan fingerprint density at radius 3 is 2.33 bits per heavy atom. The van der Waals surface area contributed by atoms with Crippen molar-refractivity contribution in [2.24, 2.45) is 0 Å². The molecule has 0 aliphatic heterocycles. The largest absolute Gasteiger partial charge is 0.497 e. The van der Waals surface area contributed by atoms with E-state index >= 15 is 0 Å². The summed E-state index contributed by atoms with van der Waals surface area (Å²) in [5.74, 6) is -0.157. The van der Waals surface area contributed by atoms with Crippen LogP contribution in [-0.2, 0) is 22.6 Å². The van der Waals surface area contributed by atoms with Gasteiger partial charge >= 0.3 is 12.1 Å². The molecule has 0 saturated heterocycles. The van der Waals surface area contributed by atoms with Crippen molar-refractivity contribution in [1.29, 1.82) is 0 Å². The summed E-state index contributed by atoms with van der Waals surface area (Å²) in [6.07, 6.45) is 8.32. The Morgan fingerprint density at radius 1 is 0.941 bits per heavy atom. The Labute approximate surface area is 299 Å². The van der Waals surface area contributed by atoms with Crippen LogP contribution in [0.15, 0.2) is 60.9 Å². The van der Waals surface area contributed by atoms with Crippen LogP contribution in [0.25, 0.3) is 10.9 Å². The van der Waals surface area contributed by atoms with Crippen LogP contribution in [0.1, 0.15) is 84.7 Å². The molecule has 12 nitrogen and oxygen atoms in total. The van der Waals surface area contributed by atoms with Crippen LogP contribution in [0.3, 0.4) is 0 Å². The first-order chi connectivity index (χ1) is 24.4. The highest BCUT2D eigenvalue weighted by Crippen LogP contribution is 2.32. The number of carbonyl (C=O) groups is 3. The second kappa shape index (κ2) is 16.2. The van der Waals surface area contributed by atoms with E-state index in [1.54, 1.807) is 65.4 Å². The first kappa shape index (κ1) is 37.0. The zero-order chi connectivity index (χ0) is 36.7.